The number of carboxylic acid groups (broad SMARTS) is 1. The number of thiophene rings is 2. The number of aromatic hydroxyl groups is 1. The molecule has 1 aliphatic rings. The number of hydrogen-bond acceptors (Lipinski definition) is 6. The van der Waals surface area contributed by atoms with Crippen LogP contribution in [0.2, 0.25) is 0 Å². The predicted octanol–water partition coefficient (Wildman–Crippen LogP) is 4.52. The zero-order chi connectivity index (χ0) is 20.5. The van der Waals surface area contributed by atoms with E-state index in [1.807, 2.05) is 11.4 Å². The molecule has 0 spiro atoms. The highest BCUT2D eigenvalue weighted by Crippen LogP contribution is 2.40. The first kappa shape index (κ1) is 19.4. The van der Waals surface area contributed by atoms with E-state index in [-0.39, 0.29) is 15.5 Å². The molecule has 3 aromatic rings. The van der Waals surface area contributed by atoms with E-state index < -0.39 is 11.9 Å². The Bertz CT molecular complexity index is 1140. The number of nitrogens with one attached hydrogen (secondary N) is 1. The third-order valence-electron chi connectivity index (χ3n) is 4.88. The fraction of sp³-hybridized carbons (Fsp3) is 0.190. The van der Waals surface area contributed by atoms with E-state index in [0.29, 0.717) is 11.3 Å². The van der Waals surface area contributed by atoms with Gasteiger partial charge < -0.3 is 10.2 Å². The van der Waals surface area contributed by atoms with Crippen LogP contribution < -0.4 is 5.43 Å². The Labute approximate surface area is 175 Å². The molecule has 0 saturated heterocycles. The third kappa shape index (κ3) is 3.81. The molecule has 2 aromatic heterocycles. The van der Waals surface area contributed by atoms with Crippen molar-refractivity contribution < 1.29 is 19.8 Å². The van der Waals surface area contributed by atoms with Crippen molar-refractivity contribution in [3.05, 3.63) is 62.2 Å². The van der Waals surface area contributed by atoms with Crippen LogP contribution in [0, 0.1) is 0 Å². The summed E-state index contributed by atoms with van der Waals surface area (Å²) in [5.74, 6) is -1.42. The molecule has 0 bridgehead atoms. The standard InChI is InChI=1S/C21H18N2O4S2/c1-11(22-23-20(25)16-7-8-17(29-16)21(26)27)15-10-28-19(18(15)24)14-6-5-12-3-2-4-13(12)9-14/h5-10,24H,2-4H2,1H3,(H,23,25)(H,26,27). The summed E-state index contributed by atoms with van der Waals surface area (Å²) in [4.78, 5) is 24.2. The van der Waals surface area contributed by atoms with E-state index in [9.17, 15) is 14.7 Å². The van der Waals surface area contributed by atoms with Crippen LogP contribution in [0.15, 0.2) is 40.8 Å². The number of rotatable bonds is 5. The molecule has 1 aromatic carbocycles. The Hall–Kier alpha value is -2.97. The molecule has 2 heterocycles. The van der Waals surface area contributed by atoms with Gasteiger partial charge in [-0.05, 0) is 61.1 Å². The van der Waals surface area contributed by atoms with Gasteiger partial charge in [-0.15, -0.1) is 22.7 Å². The highest BCUT2D eigenvalue weighted by Gasteiger charge is 2.18. The van der Waals surface area contributed by atoms with Gasteiger partial charge in [0.1, 0.15) is 10.6 Å². The first-order valence-electron chi connectivity index (χ1n) is 9.05. The number of hydrogen-bond donors (Lipinski definition) is 3. The number of amides is 1. The first-order valence-corrected chi connectivity index (χ1v) is 10.7. The molecule has 0 saturated carbocycles. The molecule has 0 unspecified atom stereocenters. The second-order valence-corrected chi connectivity index (χ2v) is 8.73. The highest BCUT2D eigenvalue weighted by molar-refractivity contribution is 7.15. The van der Waals surface area contributed by atoms with Gasteiger partial charge in [0.2, 0.25) is 0 Å². The Morgan fingerprint density at radius 2 is 1.86 bits per heavy atom. The number of aryl methyl sites for hydroxylation is 2. The Morgan fingerprint density at radius 1 is 1.10 bits per heavy atom. The van der Waals surface area contributed by atoms with Crippen LogP contribution in [0.1, 0.15) is 49.4 Å². The van der Waals surface area contributed by atoms with E-state index in [1.54, 1.807) is 6.92 Å². The summed E-state index contributed by atoms with van der Waals surface area (Å²) in [5, 5.41) is 25.5. The average Bonchev–Trinajstić information content (AvgIpc) is 3.44. The summed E-state index contributed by atoms with van der Waals surface area (Å²) >= 11 is 2.32. The van der Waals surface area contributed by atoms with E-state index in [1.165, 1.54) is 41.0 Å². The molecule has 8 heteroatoms. The molecule has 148 valence electrons. The topological polar surface area (TPSA) is 99.0 Å². The largest absolute Gasteiger partial charge is 0.506 e. The number of carbonyl (C=O) groups is 2. The fourth-order valence-corrected chi connectivity index (χ4v) is 5.09. The monoisotopic (exact) mass is 426 g/mol. The van der Waals surface area contributed by atoms with Crippen LogP contribution in [-0.4, -0.2) is 27.8 Å². The molecule has 0 atom stereocenters. The second kappa shape index (κ2) is 7.81. The maximum absolute atomic E-state index is 12.2. The lowest BCUT2D eigenvalue weighted by Gasteiger charge is -2.05. The number of carboxylic acids is 1. The van der Waals surface area contributed by atoms with Crippen LogP contribution in [0.3, 0.4) is 0 Å². The summed E-state index contributed by atoms with van der Waals surface area (Å²) < 4.78 is 0. The average molecular weight is 427 g/mol. The number of carbonyl (C=O) groups excluding carboxylic acids is 1. The zero-order valence-corrected chi connectivity index (χ0v) is 17.2. The van der Waals surface area contributed by atoms with Crippen LogP contribution in [0.25, 0.3) is 10.4 Å². The predicted molar refractivity (Wildman–Crippen MR) is 114 cm³/mol. The van der Waals surface area contributed by atoms with E-state index >= 15 is 0 Å². The van der Waals surface area contributed by atoms with E-state index in [0.717, 1.165) is 34.6 Å². The van der Waals surface area contributed by atoms with Crippen molar-refractivity contribution in [3.63, 3.8) is 0 Å². The van der Waals surface area contributed by atoms with Crippen LogP contribution in [-0.2, 0) is 12.8 Å². The molecule has 29 heavy (non-hydrogen) atoms. The third-order valence-corrected chi connectivity index (χ3v) is 6.97. The minimum atomic E-state index is -1.07. The summed E-state index contributed by atoms with van der Waals surface area (Å²) in [6.45, 7) is 1.70. The molecule has 1 amide bonds. The number of nitrogens with zero attached hydrogens (tertiary/aromatic N) is 1. The maximum Gasteiger partial charge on any atom is 0.345 e. The van der Waals surface area contributed by atoms with Crippen LogP contribution >= 0.6 is 22.7 Å². The molecular formula is C21H18N2O4S2. The molecule has 3 N–H and O–H groups in total. The van der Waals surface area contributed by atoms with Gasteiger partial charge in [-0.2, -0.15) is 5.10 Å². The normalized spacial score (nSPS) is 13.3. The highest BCUT2D eigenvalue weighted by atomic mass is 32.1. The molecule has 1 aliphatic carbocycles. The lowest BCUT2D eigenvalue weighted by Crippen LogP contribution is -2.18. The zero-order valence-electron chi connectivity index (χ0n) is 15.6. The summed E-state index contributed by atoms with van der Waals surface area (Å²) in [6, 6.07) is 9.13. The van der Waals surface area contributed by atoms with Gasteiger partial charge in [0.05, 0.1) is 21.0 Å². The maximum atomic E-state index is 12.2. The van der Waals surface area contributed by atoms with Crippen LogP contribution in [0.4, 0.5) is 0 Å². The summed E-state index contributed by atoms with van der Waals surface area (Å²) in [6.07, 6.45) is 3.35. The van der Waals surface area contributed by atoms with Gasteiger partial charge >= 0.3 is 5.97 Å². The Balaban J connectivity index is 1.52. The van der Waals surface area contributed by atoms with Crippen molar-refractivity contribution in [1.29, 1.82) is 0 Å². The van der Waals surface area contributed by atoms with Crippen molar-refractivity contribution in [1.82, 2.24) is 5.43 Å². The number of benzene rings is 1. The molecule has 0 radical (unpaired) electrons. The molecule has 0 fully saturated rings. The molecule has 4 rings (SSSR count). The fourth-order valence-electron chi connectivity index (χ4n) is 3.35. The van der Waals surface area contributed by atoms with Gasteiger partial charge in [-0.25, -0.2) is 10.2 Å². The van der Waals surface area contributed by atoms with Gasteiger partial charge in [0.25, 0.3) is 5.91 Å². The quantitative estimate of drug-likeness (QED) is 0.412. The van der Waals surface area contributed by atoms with Gasteiger partial charge in [0.15, 0.2) is 0 Å². The lowest BCUT2D eigenvalue weighted by atomic mass is 10.0. The SMILES string of the molecule is CC(=NNC(=O)c1ccc(C(=O)O)s1)c1csc(-c2ccc3c(c2)CCC3)c1O. The minimum Gasteiger partial charge on any atom is -0.506 e. The van der Waals surface area contributed by atoms with Crippen molar-refractivity contribution >= 4 is 40.3 Å². The van der Waals surface area contributed by atoms with Crippen molar-refractivity contribution in [3.8, 4) is 16.2 Å². The smallest absolute Gasteiger partial charge is 0.345 e. The Morgan fingerprint density at radius 3 is 2.62 bits per heavy atom. The van der Waals surface area contributed by atoms with Gasteiger partial charge in [-0.3, -0.25) is 4.79 Å². The van der Waals surface area contributed by atoms with Gasteiger partial charge in [0, 0.05) is 5.38 Å². The van der Waals surface area contributed by atoms with Crippen molar-refractivity contribution in [2.45, 2.75) is 26.2 Å². The Kier molecular flexibility index (Phi) is 5.21. The van der Waals surface area contributed by atoms with Crippen molar-refractivity contribution in [2.75, 3.05) is 0 Å². The van der Waals surface area contributed by atoms with Crippen molar-refractivity contribution in [2.24, 2.45) is 5.10 Å². The summed E-state index contributed by atoms with van der Waals surface area (Å²) in [7, 11) is 0. The number of fused-ring (bicyclic) bond motifs is 1. The molecule has 6 nitrogen and oxygen atoms in total. The van der Waals surface area contributed by atoms with E-state index in [4.69, 9.17) is 5.11 Å². The first-order chi connectivity index (χ1) is 13.9. The lowest BCUT2D eigenvalue weighted by molar-refractivity contribution is 0.0702. The number of hydrazone groups is 1. The summed E-state index contributed by atoms with van der Waals surface area (Å²) in [5.41, 5.74) is 7.15. The van der Waals surface area contributed by atoms with Gasteiger partial charge in [-0.1, -0.05) is 12.1 Å². The molecule has 0 aliphatic heterocycles. The number of aromatic carboxylic acids is 1. The van der Waals surface area contributed by atoms with E-state index in [2.05, 4.69) is 22.7 Å². The molecular weight excluding hydrogens is 408 g/mol. The second-order valence-electron chi connectivity index (χ2n) is 6.77. The van der Waals surface area contributed by atoms with Crippen LogP contribution in [0.5, 0.6) is 5.75 Å². The minimum absolute atomic E-state index is 0.0883.